The molecule has 2 rings (SSSR count). The van der Waals surface area contributed by atoms with Crippen molar-refractivity contribution in [3.05, 3.63) is 21.7 Å². The zero-order valence-corrected chi connectivity index (χ0v) is 14.1. The fourth-order valence-corrected chi connectivity index (χ4v) is 2.61. The van der Waals surface area contributed by atoms with Gasteiger partial charge in [0.15, 0.2) is 5.13 Å². The largest absolute Gasteiger partial charge is 0.326 e. The van der Waals surface area contributed by atoms with Gasteiger partial charge in [-0.1, -0.05) is 32.1 Å². The van der Waals surface area contributed by atoms with Gasteiger partial charge in [-0.2, -0.15) is 5.10 Å². The first-order chi connectivity index (χ1) is 9.25. The first-order valence-electron chi connectivity index (χ1n) is 5.99. The van der Waals surface area contributed by atoms with E-state index >= 15 is 0 Å². The Balaban J connectivity index is 2.06. The molecule has 2 N–H and O–H groups in total. The van der Waals surface area contributed by atoms with Gasteiger partial charge in [0.2, 0.25) is 0 Å². The predicted molar refractivity (Wildman–Crippen MR) is 84.4 cm³/mol. The third-order valence-corrected chi connectivity index (χ3v) is 3.98. The molecule has 0 aliphatic carbocycles. The van der Waals surface area contributed by atoms with Crippen LogP contribution in [0.2, 0.25) is 0 Å². The molecular formula is C12H16BrN5OS. The average Bonchev–Trinajstić information content (AvgIpc) is 2.86. The molecule has 0 aliphatic rings. The van der Waals surface area contributed by atoms with E-state index in [9.17, 15) is 4.79 Å². The summed E-state index contributed by atoms with van der Waals surface area (Å²) in [4.78, 5) is 15.9. The van der Waals surface area contributed by atoms with E-state index in [1.54, 1.807) is 17.9 Å². The Bertz CT molecular complexity index is 628. The smallest absolute Gasteiger partial charge is 0.292 e. The van der Waals surface area contributed by atoms with Crippen molar-refractivity contribution in [1.29, 1.82) is 0 Å². The lowest BCUT2D eigenvalue weighted by molar-refractivity contribution is 0.262. The highest BCUT2D eigenvalue weighted by Gasteiger charge is 2.19. The van der Waals surface area contributed by atoms with Crippen molar-refractivity contribution in [2.24, 2.45) is 7.05 Å². The van der Waals surface area contributed by atoms with Crippen molar-refractivity contribution in [2.45, 2.75) is 26.2 Å². The van der Waals surface area contributed by atoms with Crippen LogP contribution < -0.4 is 10.6 Å². The second-order valence-electron chi connectivity index (χ2n) is 5.34. The summed E-state index contributed by atoms with van der Waals surface area (Å²) in [5.41, 5.74) is 0.862. The summed E-state index contributed by atoms with van der Waals surface area (Å²) in [5.74, 6) is 0.642. The normalized spacial score (nSPS) is 11.4. The van der Waals surface area contributed by atoms with Crippen LogP contribution in [0.4, 0.5) is 15.7 Å². The second kappa shape index (κ2) is 5.53. The molecule has 2 aromatic rings. The first-order valence-corrected chi connectivity index (χ1v) is 7.60. The van der Waals surface area contributed by atoms with Crippen LogP contribution in [0.25, 0.3) is 0 Å². The van der Waals surface area contributed by atoms with Crippen molar-refractivity contribution in [2.75, 3.05) is 10.6 Å². The number of amides is 2. The molecule has 0 saturated carbocycles. The number of carbonyl (C=O) groups excluding carboxylic acids is 1. The minimum absolute atomic E-state index is 0.0612. The molecule has 0 aliphatic heterocycles. The molecule has 0 atom stereocenters. The van der Waals surface area contributed by atoms with Crippen molar-refractivity contribution < 1.29 is 4.79 Å². The van der Waals surface area contributed by atoms with E-state index in [1.165, 1.54) is 11.3 Å². The van der Waals surface area contributed by atoms with Crippen molar-refractivity contribution in [3.8, 4) is 0 Å². The quantitative estimate of drug-likeness (QED) is 0.862. The molecular weight excluding hydrogens is 342 g/mol. The molecule has 2 aromatic heterocycles. The number of hydrogen-bond donors (Lipinski definition) is 2. The van der Waals surface area contributed by atoms with Gasteiger partial charge in [-0.15, -0.1) is 0 Å². The van der Waals surface area contributed by atoms with Crippen molar-refractivity contribution in [1.82, 2.24) is 14.8 Å². The topological polar surface area (TPSA) is 71.8 Å². The monoisotopic (exact) mass is 357 g/mol. The van der Waals surface area contributed by atoms with Gasteiger partial charge in [0.1, 0.15) is 5.82 Å². The zero-order chi connectivity index (χ0) is 14.9. The van der Waals surface area contributed by atoms with E-state index in [0.717, 1.165) is 9.48 Å². The number of carbonyl (C=O) groups is 1. The number of thiazole rings is 1. The molecule has 0 bridgehead atoms. The molecule has 8 heteroatoms. The Morgan fingerprint density at radius 1 is 1.40 bits per heavy atom. The van der Waals surface area contributed by atoms with Crippen LogP contribution in [0, 0.1) is 0 Å². The van der Waals surface area contributed by atoms with Crippen LogP contribution in [0.3, 0.4) is 0 Å². The number of halogens is 1. The van der Waals surface area contributed by atoms with Crippen LogP contribution >= 0.6 is 27.3 Å². The summed E-state index contributed by atoms with van der Waals surface area (Å²) in [6.45, 7) is 6.23. The van der Waals surface area contributed by atoms with Gasteiger partial charge in [-0.3, -0.25) is 15.3 Å². The Morgan fingerprint density at radius 2 is 2.10 bits per heavy atom. The molecule has 108 valence electrons. The van der Waals surface area contributed by atoms with E-state index in [2.05, 4.69) is 57.4 Å². The molecule has 2 heterocycles. The number of rotatable bonds is 2. The highest BCUT2D eigenvalue weighted by molar-refractivity contribution is 9.11. The SMILES string of the molecule is Cn1nc(C(C)(C)C)cc1NC(=O)Nc1ncc(Br)s1. The number of urea groups is 1. The number of aryl methyl sites for hydroxylation is 1. The molecule has 0 saturated heterocycles. The van der Waals surface area contributed by atoms with Gasteiger partial charge in [0.25, 0.3) is 0 Å². The lowest BCUT2D eigenvalue weighted by Gasteiger charge is -2.13. The Labute approximate surface area is 129 Å². The van der Waals surface area contributed by atoms with Crippen molar-refractivity contribution >= 4 is 44.2 Å². The molecule has 0 radical (unpaired) electrons. The summed E-state index contributed by atoms with van der Waals surface area (Å²) in [7, 11) is 1.80. The number of anilines is 2. The fraction of sp³-hybridized carbons (Fsp3) is 0.417. The average molecular weight is 358 g/mol. The molecule has 0 unspecified atom stereocenters. The highest BCUT2D eigenvalue weighted by Crippen LogP contribution is 2.25. The van der Waals surface area contributed by atoms with E-state index in [1.807, 2.05) is 6.07 Å². The van der Waals surface area contributed by atoms with Gasteiger partial charge in [-0.25, -0.2) is 9.78 Å². The maximum atomic E-state index is 11.9. The number of nitrogens with zero attached hydrogens (tertiary/aromatic N) is 3. The van der Waals surface area contributed by atoms with Crippen LogP contribution in [0.5, 0.6) is 0 Å². The maximum Gasteiger partial charge on any atom is 0.326 e. The minimum atomic E-state index is -0.338. The van der Waals surface area contributed by atoms with E-state index < -0.39 is 0 Å². The molecule has 0 aromatic carbocycles. The number of nitrogens with one attached hydrogen (secondary N) is 2. The number of aromatic nitrogens is 3. The summed E-state index contributed by atoms with van der Waals surface area (Å²) >= 11 is 4.65. The lowest BCUT2D eigenvalue weighted by atomic mass is 9.92. The van der Waals surface area contributed by atoms with Gasteiger partial charge in [0.05, 0.1) is 15.7 Å². The van der Waals surface area contributed by atoms with Crippen LogP contribution in [0.1, 0.15) is 26.5 Å². The Morgan fingerprint density at radius 3 is 2.60 bits per heavy atom. The summed E-state index contributed by atoms with van der Waals surface area (Å²) < 4.78 is 2.51. The summed E-state index contributed by atoms with van der Waals surface area (Å²) in [6.07, 6.45) is 1.64. The van der Waals surface area contributed by atoms with Crippen LogP contribution in [-0.2, 0) is 12.5 Å². The van der Waals surface area contributed by atoms with Crippen LogP contribution in [-0.4, -0.2) is 20.8 Å². The lowest BCUT2D eigenvalue weighted by Crippen LogP contribution is -2.20. The highest BCUT2D eigenvalue weighted by atomic mass is 79.9. The second-order valence-corrected chi connectivity index (χ2v) is 7.75. The molecule has 20 heavy (non-hydrogen) atoms. The van der Waals surface area contributed by atoms with E-state index in [4.69, 9.17) is 0 Å². The number of hydrogen-bond acceptors (Lipinski definition) is 4. The van der Waals surface area contributed by atoms with E-state index in [0.29, 0.717) is 10.9 Å². The minimum Gasteiger partial charge on any atom is -0.292 e. The molecule has 0 spiro atoms. The third-order valence-electron chi connectivity index (χ3n) is 2.59. The standard InChI is InChI=1S/C12H16BrN5OS/c1-12(2,3)7-5-9(18(4)17-7)15-10(19)16-11-14-6-8(13)20-11/h5-6H,1-4H3,(H2,14,15,16,19). The maximum absolute atomic E-state index is 11.9. The Hall–Kier alpha value is -1.41. The van der Waals surface area contributed by atoms with Gasteiger partial charge >= 0.3 is 6.03 Å². The van der Waals surface area contributed by atoms with E-state index in [-0.39, 0.29) is 11.4 Å². The molecule has 0 fully saturated rings. The van der Waals surface area contributed by atoms with Gasteiger partial charge in [-0.05, 0) is 15.9 Å². The Kier molecular flexibility index (Phi) is 4.14. The fourth-order valence-electron chi connectivity index (χ4n) is 1.51. The summed E-state index contributed by atoms with van der Waals surface area (Å²) in [6, 6.07) is 1.53. The van der Waals surface area contributed by atoms with Gasteiger partial charge in [0, 0.05) is 18.5 Å². The molecule has 2 amide bonds. The third kappa shape index (κ3) is 3.57. The molecule has 6 nitrogen and oxygen atoms in total. The van der Waals surface area contributed by atoms with Crippen molar-refractivity contribution in [3.63, 3.8) is 0 Å². The van der Waals surface area contributed by atoms with Gasteiger partial charge < -0.3 is 0 Å². The summed E-state index contributed by atoms with van der Waals surface area (Å²) in [5, 5.41) is 10.4. The first kappa shape index (κ1) is 15.0. The predicted octanol–water partition coefficient (Wildman–Crippen LogP) is 3.58. The zero-order valence-electron chi connectivity index (χ0n) is 11.7. The van der Waals surface area contributed by atoms with Crippen LogP contribution in [0.15, 0.2) is 16.0 Å².